The summed E-state index contributed by atoms with van der Waals surface area (Å²) in [5, 5.41) is 2.78. The van der Waals surface area contributed by atoms with Gasteiger partial charge in [0, 0.05) is 6.54 Å². The van der Waals surface area contributed by atoms with Gasteiger partial charge in [-0.3, -0.25) is 0 Å². The van der Waals surface area contributed by atoms with Gasteiger partial charge in [-0.15, -0.1) is 6.58 Å². The van der Waals surface area contributed by atoms with Gasteiger partial charge in [0.15, 0.2) is 0 Å². The molecule has 0 saturated carbocycles. The molecule has 0 aliphatic carbocycles. The monoisotopic (exact) mass is 247 g/mol. The van der Waals surface area contributed by atoms with Crippen molar-refractivity contribution in [2.75, 3.05) is 13.2 Å². The van der Waals surface area contributed by atoms with Crippen LogP contribution in [-0.2, 0) is 11.2 Å². The minimum Gasteiger partial charge on any atom is -0.450 e. The van der Waals surface area contributed by atoms with E-state index in [0.717, 1.165) is 12.8 Å². The topological polar surface area (TPSA) is 38.3 Å². The van der Waals surface area contributed by atoms with Crippen molar-refractivity contribution in [3.8, 4) is 0 Å². The van der Waals surface area contributed by atoms with E-state index in [2.05, 4.69) is 24.0 Å². The highest BCUT2D eigenvalue weighted by Gasteiger charge is 2.10. The third kappa shape index (κ3) is 5.53. The molecule has 0 spiro atoms. The van der Waals surface area contributed by atoms with Crippen LogP contribution < -0.4 is 5.32 Å². The zero-order valence-electron chi connectivity index (χ0n) is 10.9. The van der Waals surface area contributed by atoms with E-state index in [1.165, 1.54) is 5.56 Å². The lowest BCUT2D eigenvalue weighted by molar-refractivity contribution is 0.150. The van der Waals surface area contributed by atoms with E-state index in [1.54, 1.807) is 6.92 Å². The fourth-order valence-corrected chi connectivity index (χ4v) is 1.83. The summed E-state index contributed by atoms with van der Waals surface area (Å²) in [6, 6.07) is 10.3. The number of carbonyl (C=O) groups is 1. The van der Waals surface area contributed by atoms with Crippen LogP contribution in [0.4, 0.5) is 4.79 Å². The number of benzene rings is 1. The molecule has 1 atom stereocenters. The first kappa shape index (κ1) is 14.3. The van der Waals surface area contributed by atoms with Gasteiger partial charge in [0.25, 0.3) is 0 Å². The Kier molecular flexibility index (Phi) is 6.62. The summed E-state index contributed by atoms with van der Waals surface area (Å²) in [5.41, 5.74) is 1.27. The Balaban J connectivity index is 2.44. The number of allylic oxidation sites excluding steroid dienone is 1. The fourth-order valence-electron chi connectivity index (χ4n) is 1.83. The van der Waals surface area contributed by atoms with E-state index in [9.17, 15) is 4.79 Å². The van der Waals surface area contributed by atoms with Crippen molar-refractivity contribution in [2.45, 2.75) is 19.8 Å². The first-order valence-corrected chi connectivity index (χ1v) is 6.31. The maximum absolute atomic E-state index is 11.2. The van der Waals surface area contributed by atoms with E-state index >= 15 is 0 Å². The second-order valence-electron chi connectivity index (χ2n) is 4.18. The van der Waals surface area contributed by atoms with Crippen molar-refractivity contribution in [1.29, 1.82) is 0 Å². The maximum atomic E-state index is 11.2. The highest BCUT2D eigenvalue weighted by Crippen LogP contribution is 2.12. The molecule has 0 aliphatic rings. The quantitative estimate of drug-likeness (QED) is 0.752. The molecular formula is C15H21NO2. The second-order valence-corrected chi connectivity index (χ2v) is 4.18. The number of amides is 1. The predicted molar refractivity (Wildman–Crippen MR) is 73.5 cm³/mol. The molecule has 18 heavy (non-hydrogen) atoms. The summed E-state index contributed by atoms with van der Waals surface area (Å²) in [4.78, 5) is 11.2. The molecule has 0 saturated heterocycles. The van der Waals surface area contributed by atoms with Crippen LogP contribution in [0.25, 0.3) is 0 Å². The lowest BCUT2D eigenvalue weighted by Gasteiger charge is -2.15. The predicted octanol–water partition coefficient (Wildman–Crippen LogP) is 3.17. The molecule has 3 nitrogen and oxygen atoms in total. The SMILES string of the molecule is C=CC[C@H](CNC(=O)OCC)Cc1ccccc1. The average molecular weight is 247 g/mol. The Morgan fingerprint density at radius 3 is 2.78 bits per heavy atom. The Bertz CT molecular complexity index is 362. The van der Waals surface area contributed by atoms with Gasteiger partial charge in [-0.05, 0) is 31.2 Å². The molecule has 0 unspecified atom stereocenters. The van der Waals surface area contributed by atoms with Crippen LogP contribution in [0, 0.1) is 5.92 Å². The van der Waals surface area contributed by atoms with E-state index in [0.29, 0.717) is 19.1 Å². The second kappa shape index (κ2) is 8.34. The Morgan fingerprint density at radius 2 is 2.17 bits per heavy atom. The molecule has 98 valence electrons. The smallest absolute Gasteiger partial charge is 0.407 e. The summed E-state index contributed by atoms with van der Waals surface area (Å²) in [6.45, 7) is 6.57. The Labute approximate surface area is 109 Å². The third-order valence-electron chi connectivity index (χ3n) is 2.68. The van der Waals surface area contributed by atoms with Gasteiger partial charge in [-0.1, -0.05) is 36.4 Å². The van der Waals surface area contributed by atoms with Crippen LogP contribution >= 0.6 is 0 Å². The van der Waals surface area contributed by atoms with Gasteiger partial charge in [0.1, 0.15) is 0 Å². The maximum Gasteiger partial charge on any atom is 0.407 e. The summed E-state index contributed by atoms with van der Waals surface area (Å²) in [6.07, 6.45) is 3.35. The molecule has 1 rings (SSSR count). The number of alkyl carbamates (subject to hydrolysis) is 1. The number of carbonyl (C=O) groups excluding carboxylic acids is 1. The van der Waals surface area contributed by atoms with Crippen molar-refractivity contribution in [1.82, 2.24) is 5.32 Å². The lowest BCUT2D eigenvalue weighted by Crippen LogP contribution is -2.30. The summed E-state index contributed by atoms with van der Waals surface area (Å²) < 4.78 is 4.84. The van der Waals surface area contributed by atoms with Gasteiger partial charge in [-0.2, -0.15) is 0 Å². The van der Waals surface area contributed by atoms with Crippen molar-refractivity contribution in [2.24, 2.45) is 5.92 Å². The highest BCUT2D eigenvalue weighted by atomic mass is 16.5. The van der Waals surface area contributed by atoms with E-state index in [4.69, 9.17) is 4.74 Å². The molecule has 0 heterocycles. The minimum absolute atomic E-state index is 0.348. The van der Waals surface area contributed by atoms with Crippen LogP contribution in [0.5, 0.6) is 0 Å². The van der Waals surface area contributed by atoms with Crippen molar-refractivity contribution >= 4 is 6.09 Å². The summed E-state index contributed by atoms with van der Waals surface area (Å²) >= 11 is 0. The fraction of sp³-hybridized carbons (Fsp3) is 0.400. The molecule has 3 heteroatoms. The van der Waals surface area contributed by atoms with Gasteiger partial charge in [0.2, 0.25) is 0 Å². The number of nitrogens with one attached hydrogen (secondary N) is 1. The lowest BCUT2D eigenvalue weighted by atomic mass is 9.96. The number of hydrogen-bond acceptors (Lipinski definition) is 2. The average Bonchev–Trinajstić information content (AvgIpc) is 2.38. The van der Waals surface area contributed by atoms with E-state index in [1.807, 2.05) is 24.3 Å². The number of ether oxygens (including phenoxy) is 1. The molecule has 0 bridgehead atoms. The normalized spacial score (nSPS) is 11.6. The van der Waals surface area contributed by atoms with Gasteiger partial charge in [0.05, 0.1) is 6.61 Å². The van der Waals surface area contributed by atoms with Crippen molar-refractivity contribution in [3.05, 3.63) is 48.6 Å². The molecule has 0 radical (unpaired) electrons. The third-order valence-corrected chi connectivity index (χ3v) is 2.68. The highest BCUT2D eigenvalue weighted by molar-refractivity contribution is 5.67. The summed E-state index contributed by atoms with van der Waals surface area (Å²) in [5.74, 6) is 0.356. The molecule has 0 aromatic heterocycles. The summed E-state index contributed by atoms with van der Waals surface area (Å²) in [7, 11) is 0. The molecule has 0 fully saturated rings. The Hall–Kier alpha value is -1.77. The van der Waals surface area contributed by atoms with E-state index in [-0.39, 0.29) is 6.09 Å². The van der Waals surface area contributed by atoms with Crippen LogP contribution in [0.2, 0.25) is 0 Å². The molecule has 0 aliphatic heterocycles. The van der Waals surface area contributed by atoms with E-state index < -0.39 is 0 Å². The first-order chi connectivity index (χ1) is 8.76. The molecule has 1 aromatic carbocycles. The molecule has 1 N–H and O–H groups in total. The van der Waals surface area contributed by atoms with Gasteiger partial charge in [-0.25, -0.2) is 4.79 Å². The number of hydrogen-bond donors (Lipinski definition) is 1. The largest absolute Gasteiger partial charge is 0.450 e. The van der Waals surface area contributed by atoms with Crippen LogP contribution in [0.15, 0.2) is 43.0 Å². The molecular weight excluding hydrogens is 226 g/mol. The standard InChI is InChI=1S/C15H21NO2/c1-3-8-14(12-16-15(17)18-4-2)11-13-9-6-5-7-10-13/h3,5-7,9-10,14H,1,4,8,11-12H2,2H3,(H,16,17)/t14-/m0/s1. The number of rotatable bonds is 7. The van der Waals surface area contributed by atoms with Gasteiger partial charge >= 0.3 is 6.09 Å². The van der Waals surface area contributed by atoms with Gasteiger partial charge < -0.3 is 10.1 Å². The van der Waals surface area contributed by atoms with Crippen LogP contribution in [0.1, 0.15) is 18.9 Å². The minimum atomic E-state index is -0.348. The first-order valence-electron chi connectivity index (χ1n) is 6.31. The van der Waals surface area contributed by atoms with Crippen LogP contribution in [-0.4, -0.2) is 19.2 Å². The zero-order chi connectivity index (χ0) is 13.2. The van der Waals surface area contributed by atoms with Crippen molar-refractivity contribution < 1.29 is 9.53 Å². The zero-order valence-corrected chi connectivity index (χ0v) is 10.9. The van der Waals surface area contributed by atoms with Crippen LogP contribution in [0.3, 0.4) is 0 Å². The molecule has 1 aromatic rings. The Morgan fingerprint density at radius 1 is 1.44 bits per heavy atom. The molecule has 1 amide bonds. The van der Waals surface area contributed by atoms with Crippen molar-refractivity contribution in [3.63, 3.8) is 0 Å².